The van der Waals surface area contributed by atoms with Crippen LogP contribution >= 0.6 is 0 Å². The zero-order valence-corrected chi connectivity index (χ0v) is 10.7. The molecule has 0 aliphatic heterocycles. The van der Waals surface area contributed by atoms with Crippen molar-refractivity contribution in [1.29, 1.82) is 0 Å². The monoisotopic (exact) mass is 244 g/mol. The fourth-order valence-electron chi connectivity index (χ4n) is 1.79. The molecule has 18 heavy (non-hydrogen) atoms. The van der Waals surface area contributed by atoms with E-state index in [4.69, 9.17) is 0 Å². The van der Waals surface area contributed by atoms with Crippen molar-refractivity contribution in [3.05, 3.63) is 41.2 Å². The van der Waals surface area contributed by atoms with Gasteiger partial charge >= 0.3 is 0 Å². The number of benzene rings is 1. The number of nitrogens with one attached hydrogen (secondary N) is 2. The number of rotatable bonds is 3. The number of amides is 1. The number of carbonyl (C=O) groups excluding carboxylic acids is 1. The molecule has 0 saturated heterocycles. The highest BCUT2D eigenvalue weighted by Gasteiger charge is 2.15. The standard InChI is InChI=1S/C13H16N4O/c1-8(2)10-6-4-5-7-11(10)14-13(18)12-9(3)15-17-16-12/h4-8H,1-3H3,(H,14,18)(H,15,16,17). The molecule has 0 atom stereocenters. The largest absolute Gasteiger partial charge is 0.320 e. The topological polar surface area (TPSA) is 70.7 Å². The number of aromatic amines is 1. The van der Waals surface area contributed by atoms with Crippen molar-refractivity contribution in [1.82, 2.24) is 15.4 Å². The fraction of sp³-hybridized carbons (Fsp3) is 0.308. The quantitative estimate of drug-likeness (QED) is 0.871. The van der Waals surface area contributed by atoms with Gasteiger partial charge in [0.1, 0.15) is 0 Å². The molecule has 0 bridgehead atoms. The van der Waals surface area contributed by atoms with E-state index >= 15 is 0 Å². The van der Waals surface area contributed by atoms with E-state index in [2.05, 4.69) is 34.6 Å². The van der Waals surface area contributed by atoms with Crippen molar-refractivity contribution in [2.24, 2.45) is 0 Å². The smallest absolute Gasteiger partial charge is 0.278 e. The van der Waals surface area contributed by atoms with Crippen molar-refractivity contribution >= 4 is 11.6 Å². The van der Waals surface area contributed by atoms with E-state index in [1.807, 2.05) is 24.3 Å². The highest BCUT2D eigenvalue weighted by atomic mass is 16.2. The molecule has 2 N–H and O–H groups in total. The number of H-pyrrole nitrogens is 1. The fourth-order valence-corrected chi connectivity index (χ4v) is 1.79. The molecule has 0 unspecified atom stereocenters. The van der Waals surface area contributed by atoms with Crippen LogP contribution in [0.1, 0.15) is 41.5 Å². The summed E-state index contributed by atoms with van der Waals surface area (Å²) in [6.45, 7) is 5.92. The van der Waals surface area contributed by atoms with Crippen molar-refractivity contribution < 1.29 is 4.79 Å². The predicted octanol–water partition coefficient (Wildman–Crippen LogP) is 2.49. The van der Waals surface area contributed by atoms with E-state index in [1.165, 1.54) is 0 Å². The minimum atomic E-state index is -0.241. The second-order valence-electron chi connectivity index (χ2n) is 4.45. The number of aromatic nitrogens is 3. The first-order chi connectivity index (χ1) is 8.59. The molecule has 94 valence electrons. The maximum absolute atomic E-state index is 12.0. The third-order valence-electron chi connectivity index (χ3n) is 2.77. The summed E-state index contributed by atoms with van der Waals surface area (Å²) in [4.78, 5) is 12.0. The molecular weight excluding hydrogens is 228 g/mol. The zero-order valence-electron chi connectivity index (χ0n) is 10.7. The number of aryl methyl sites for hydroxylation is 1. The number of nitrogens with zero attached hydrogens (tertiary/aromatic N) is 2. The van der Waals surface area contributed by atoms with Crippen LogP contribution in [-0.4, -0.2) is 21.3 Å². The van der Waals surface area contributed by atoms with Crippen molar-refractivity contribution in [3.8, 4) is 0 Å². The van der Waals surface area contributed by atoms with Crippen LogP contribution in [0.3, 0.4) is 0 Å². The van der Waals surface area contributed by atoms with Gasteiger partial charge in [0, 0.05) is 5.69 Å². The van der Waals surface area contributed by atoms with E-state index < -0.39 is 0 Å². The summed E-state index contributed by atoms with van der Waals surface area (Å²) >= 11 is 0. The number of carbonyl (C=O) groups is 1. The lowest BCUT2D eigenvalue weighted by Crippen LogP contribution is -2.15. The second-order valence-corrected chi connectivity index (χ2v) is 4.45. The Labute approximate surface area is 106 Å². The van der Waals surface area contributed by atoms with Crippen LogP contribution in [-0.2, 0) is 0 Å². The Morgan fingerprint density at radius 2 is 2.00 bits per heavy atom. The van der Waals surface area contributed by atoms with E-state index in [0.29, 0.717) is 17.3 Å². The molecule has 0 spiro atoms. The maximum atomic E-state index is 12.0. The molecule has 2 rings (SSSR count). The number of hydrogen-bond donors (Lipinski definition) is 2. The van der Waals surface area contributed by atoms with Crippen LogP contribution in [0.25, 0.3) is 0 Å². The van der Waals surface area contributed by atoms with Gasteiger partial charge in [0.05, 0.1) is 5.69 Å². The Bertz CT molecular complexity index is 560. The summed E-state index contributed by atoms with van der Waals surface area (Å²) in [5, 5.41) is 13.0. The van der Waals surface area contributed by atoms with Crippen molar-refractivity contribution in [2.45, 2.75) is 26.7 Å². The number of hydrogen-bond acceptors (Lipinski definition) is 3. The average molecular weight is 244 g/mol. The molecule has 2 aromatic rings. The van der Waals surface area contributed by atoms with Crippen molar-refractivity contribution in [2.75, 3.05) is 5.32 Å². The zero-order chi connectivity index (χ0) is 13.1. The van der Waals surface area contributed by atoms with Gasteiger partial charge < -0.3 is 5.32 Å². The molecule has 1 amide bonds. The minimum absolute atomic E-state index is 0.241. The maximum Gasteiger partial charge on any atom is 0.278 e. The third-order valence-corrected chi connectivity index (χ3v) is 2.77. The minimum Gasteiger partial charge on any atom is -0.320 e. The van der Waals surface area contributed by atoms with Crippen LogP contribution in [0, 0.1) is 6.92 Å². The van der Waals surface area contributed by atoms with Gasteiger partial charge in [-0.1, -0.05) is 32.0 Å². The lowest BCUT2D eigenvalue weighted by molar-refractivity contribution is 0.102. The summed E-state index contributed by atoms with van der Waals surface area (Å²) in [6.07, 6.45) is 0. The lowest BCUT2D eigenvalue weighted by Gasteiger charge is -2.12. The Morgan fingerprint density at radius 3 is 2.61 bits per heavy atom. The number of para-hydroxylation sites is 1. The molecule has 1 aromatic carbocycles. The van der Waals surface area contributed by atoms with E-state index in [0.717, 1.165) is 11.3 Å². The van der Waals surface area contributed by atoms with Crippen molar-refractivity contribution in [3.63, 3.8) is 0 Å². The van der Waals surface area contributed by atoms with Crippen LogP contribution in [0.15, 0.2) is 24.3 Å². The highest BCUT2D eigenvalue weighted by Crippen LogP contribution is 2.24. The first kappa shape index (κ1) is 12.3. The predicted molar refractivity (Wildman–Crippen MR) is 69.6 cm³/mol. The van der Waals surface area contributed by atoms with E-state index in [-0.39, 0.29) is 5.91 Å². The molecule has 1 aromatic heterocycles. The van der Waals surface area contributed by atoms with Gasteiger partial charge in [0.2, 0.25) is 0 Å². The van der Waals surface area contributed by atoms with Crippen LogP contribution in [0.5, 0.6) is 0 Å². The summed E-state index contributed by atoms with van der Waals surface area (Å²) in [6, 6.07) is 7.77. The Kier molecular flexibility index (Phi) is 3.41. The lowest BCUT2D eigenvalue weighted by atomic mass is 10.0. The summed E-state index contributed by atoms with van der Waals surface area (Å²) in [5.74, 6) is 0.106. The summed E-state index contributed by atoms with van der Waals surface area (Å²) < 4.78 is 0. The van der Waals surface area contributed by atoms with Gasteiger partial charge in [-0.2, -0.15) is 15.4 Å². The summed E-state index contributed by atoms with van der Waals surface area (Å²) in [5.41, 5.74) is 2.84. The normalized spacial score (nSPS) is 10.7. The van der Waals surface area contributed by atoms with Crippen LogP contribution < -0.4 is 5.32 Å². The van der Waals surface area contributed by atoms with Gasteiger partial charge in [0.15, 0.2) is 5.69 Å². The van der Waals surface area contributed by atoms with E-state index in [9.17, 15) is 4.79 Å². The second kappa shape index (κ2) is 5.00. The molecule has 1 heterocycles. The average Bonchev–Trinajstić information content (AvgIpc) is 2.76. The molecule has 0 saturated carbocycles. The summed E-state index contributed by atoms with van der Waals surface area (Å²) in [7, 11) is 0. The first-order valence-corrected chi connectivity index (χ1v) is 5.87. The Balaban J connectivity index is 2.25. The molecule has 5 heteroatoms. The molecule has 0 aliphatic rings. The van der Waals surface area contributed by atoms with Gasteiger partial charge in [0.25, 0.3) is 5.91 Å². The van der Waals surface area contributed by atoms with Gasteiger partial charge in [-0.05, 0) is 24.5 Å². The first-order valence-electron chi connectivity index (χ1n) is 5.87. The Morgan fingerprint density at radius 1 is 1.28 bits per heavy atom. The van der Waals surface area contributed by atoms with Crippen LogP contribution in [0.2, 0.25) is 0 Å². The highest BCUT2D eigenvalue weighted by molar-refractivity contribution is 6.03. The van der Waals surface area contributed by atoms with Gasteiger partial charge in [-0.15, -0.1) is 0 Å². The number of anilines is 1. The van der Waals surface area contributed by atoms with Gasteiger partial charge in [-0.25, -0.2) is 0 Å². The molecule has 5 nitrogen and oxygen atoms in total. The third kappa shape index (κ3) is 2.40. The molecule has 0 aliphatic carbocycles. The SMILES string of the molecule is Cc1n[nH]nc1C(=O)Nc1ccccc1C(C)C. The van der Waals surface area contributed by atoms with E-state index in [1.54, 1.807) is 6.92 Å². The van der Waals surface area contributed by atoms with Crippen LogP contribution in [0.4, 0.5) is 5.69 Å². The molecular formula is C13H16N4O. The van der Waals surface area contributed by atoms with Gasteiger partial charge in [-0.3, -0.25) is 4.79 Å². The molecule has 0 fully saturated rings. The Hall–Kier alpha value is -2.17. The molecule has 0 radical (unpaired) electrons.